The van der Waals surface area contributed by atoms with Gasteiger partial charge >= 0.3 is 0 Å². The molecule has 1 unspecified atom stereocenters. The lowest BCUT2D eigenvalue weighted by Gasteiger charge is -2.26. The summed E-state index contributed by atoms with van der Waals surface area (Å²) in [6, 6.07) is 9.00. The Kier molecular flexibility index (Phi) is 3.71. The van der Waals surface area contributed by atoms with E-state index in [4.69, 9.17) is 11.6 Å². The van der Waals surface area contributed by atoms with Gasteiger partial charge in [0.2, 0.25) is 5.28 Å². The highest BCUT2D eigenvalue weighted by Crippen LogP contribution is 2.26. The SMILES string of the molecule is Clc1ncc(Br)c(NC2CCc3ccccc3C2)n1. The Morgan fingerprint density at radius 3 is 2.89 bits per heavy atom. The maximum absolute atomic E-state index is 5.83. The molecular weight excluding hydrogens is 326 g/mol. The highest BCUT2D eigenvalue weighted by molar-refractivity contribution is 9.10. The number of aryl methyl sites for hydroxylation is 1. The number of nitrogens with zero attached hydrogens (tertiary/aromatic N) is 2. The summed E-state index contributed by atoms with van der Waals surface area (Å²) in [5.74, 6) is 0.768. The van der Waals surface area contributed by atoms with Crippen LogP contribution in [-0.2, 0) is 12.8 Å². The fourth-order valence-corrected chi connectivity index (χ4v) is 2.90. The van der Waals surface area contributed by atoms with E-state index in [-0.39, 0.29) is 5.28 Å². The van der Waals surface area contributed by atoms with Gasteiger partial charge in [0.1, 0.15) is 5.82 Å². The molecule has 1 aliphatic carbocycles. The van der Waals surface area contributed by atoms with E-state index < -0.39 is 0 Å². The lowest BCUT2D eigenvalue weighted by molar-refractivity contribution is 0.608. The van der Waals surface area contributed by atoms with Gasteiger partial charge in [-0.1, -0.05) is 24.3 Å². The summed E-state index contributed by atoms with van der Waals surface area (Å²) in [5, 5.41) is 3.71. The Balaban J connectivity index is 1.77. The third-order valence-corrected chi connectivity index (χ3v) is 4.16. The molecule has 0 radical (unpaired) electrons. The summed E-state index contributed by atoms with van der Waals surface area (Å²) in [6.07, 6.45) is 4.90. The Hall–Kier alpha value is -1.13. The van der Waals surface area contributed by atoms with E-state index in [0.29, 0.717) is 6.04 Å². The number of benzene rings is 1. The van der Waals surface area contributed by atoms with Crippen LogP contribution in [0.15, 0.2) is 34.9 Å². The van der Waals surface area contributed by atoms with Crippen molar-refractivity contribution in [1.82, 2.24) is 9.97 Å². The molecule has 0 fully saturated rings. The first-order valence-electron chi connectivity index (χ1n) is 6.24. The standard InChI is InChI=1S/C14H13BrClN3/c15-12-8-17-14(16)19-13(12)18-11-6-5-9-3-1-2-4-10(9)7-11/h1-4,8,11H,5-7H2,(H,17,18,19). The van der Waals surface area contributed by atoms with Crippen molar-refractivity contribution in [2.45, 2.75) is 25.3 Å². The minimum absolute atomic E-state index is 0.266. The zero-order valence-corrected chi connectivity index (χ0v) is 12.6. The molecule has 2 aromatic rings. The lowest BCUT2D eigenvalue weighted by atomic mass is 9.88. The molecule has 0 amide bonds. The second kappa shape index (κ2) is 5.47. The molecule has 19 heavy (non-hydrogen) atoms. The van der Waals surface area contributed by atoms with E-state index in [2.05, 4.69) is 55.5 Å². The van der Waals surface area contributed by atoms with E-state index in [1.165, 1.54) is 11.1 Å². The van der Waals surface area contributed by atoms with Gasteiger partial charge in [0.25, 0.3) is 0 Å². The first-order chi connectivity index (χ1) is 9.22. The van der Waals surface area contributed by atoms with Crippen LogP contribution in [0.4, 0.5) is 5.82 Å². The maximum Gasteiger partial charge on any atom is 0.224 e. The van der Waals surface area contributed by atoms with Crippen molar-refractivity contribution in [2.24, 2.45) is 0 Å². The van der Waals surface area contributed by atoms with Crippen LogP contribution in [0.3, 0.4) is 0 Å². The molecule has 1 N–H and O–H groups in total. The molecule has 0 aliphatic heterocycles. The molecule has 3 nitrogen and oxygen atoms in total. The van der Waals surface area contributed by atoms with Crippen molar-refractivity contribution < 1.29 is 0 Å². The average molecular weight is 339 g/mol. The molecule has 1 atom stereocenters. The van der Waals surface area contributed by atoms with E-state index >= 15 is 0 Å². The predicted molar refractivity (Wildman–Crippen MR) is 80.6 cm³/mol. The van der Waals surface area contributed by atoms with Crippen LogP contribution in [0.5, 0.6) is 0 Å². The molecule has 3 rings (SSSR count). The Bertz CT molecular complexity index is 603. The van der Waals surface area contributed by atoms with Crippen LogP contribution in [0, 0.1) is 0 Å². The van der Waals surface area contributed by atoms with Gasteiger partial charge in [0, 0.05) is 12.2 Å². The van der Waals surface area contributed by atoms with Crippen molar-refractivity contribution in [1.29, 1.82) is 0 Å². The molecule has 1 heterocycles. The molecule has 0 bridgehead atoms. The number of rotatable bonds is 2. The van der Waals surface area contributed by atoms with Crippen molar-refractivity contribution >= 4 is 33.3 Å². The number of aromatic nitrogens is 2. The Morgan fingerprint density at radius 2 is 2.05 bits per heavy atom. The van der Waals surface area contributed by atoms with Crippen LogP contribution in [0.1, 0.15) is 17.5 Å². The monoisotopic (exact) mass is 337 g/mol. The summed E-state index contributed by atoms with van der Waals surface area (Å²) in [5.41, 5.74) is 2.88. The lowest BCUT2D eigenvalue weighted by Crippen LogP contribution is -2.28. The van der Waals surface area contributed by atoms with Gasteiger partial charge < -0.3 is 5.32 Å². The number of hydrogen-bond donors (Lipinski definition) is 1. The maximum atomic E-state index is 5.83. The molecule has 0 saturated heterocycles. The van der Waals surface area contributed by atoms with Crippen LogP contribution >= 0.6 is 27.5 Å². The topological polar surface area (TPSA) is 37.8 Å². The normalized spacial score (nSPS) is 17.9. The van der Waals surface area contributed by atoms with E-state index in [0.717, 1.165) is 29.6 Å². The Labute approximate surface area is 125 Å². The second-order valence-corrected chi connectivity index (χ2v) is 5.88. The van der Waals surface area contributed by atoms with Gasteiger partial charge in [-0.3, -0.25) is 0 Å². The number of anilines is 1. The first-order valence-corrected chi connectivity index (χ1v) is 7.41. The van der Waals surface area contributed by atoms with Gasteiger partial charge in [0.05, 0.1) is 4.47 Å². The van der Waals surface area contributed by atoms with Crippen LogP contribution < -0.4 is 5.32 Å². The third-order valence-electron chi connectivity index (χ3n) is 3.40. The zero-order valence-electron chi connectivity index (χ0n) is 10.2. The molecule has 0 saturated carbocycles. The molecule has 1 aromatic heterocycles. The van der Waals surface area contributed by atoms with E-state index in [1.807, 2.05) is 0 Å². The molecular formula is C14H13BrClN3. The third kappa shape index (κ3) is 2.90. The molecule has 0 spiro atoms. The second-order valence-electron chi connectivity index (χ2n) is 4.69. The minimum Gasteiger partial charge on any atom is -0.366 e. The predicted octanol–water partition coefficient (Wildman–Crippen LogP) is 3.86. The van der Waals surface area contributed by atoms with E-state index in [9.17, 15) is 0 Å². The summed E-state index contributed by atoms with van der Waals surface area (Å²) >= 11 is 9.28. The van der Waals surface area contributed by atoms with Crippen molar-refractivity contribution in [3.8, 4) is 0 Å². The van der Waals surface area contributed by atoms with Gasteiger partial charge in [-0.15, -0.1) is 0 Å². The summed E-state index contributed by atoms with van der Waals surface area (Å²) in [6.45, 7) is 0. The van der Waals surface area contributed by atoms with Crippen LogP contribution in [0.2, 0.25) is 5.28 Å². The smallest absolute Gasteiger partial charge is 0.224 e. The number of nitrogens with one attached hydrogen (secondary N) is 1. The molecule has 5 heteroatoms. The van der Waals surface area contributed by atoms with Gasteiger partial charge in [-0.2, -0.15) is 4.98 Å². The summed E-state index contributed by atoms with van der Waals surface area (Å²) in [7, 11) is 0. The fourth-order valence-electron chi connectivity index (χ4n) is 2.46. The number of halogens is 2. The van der Waals surface area contributed by atoms with Crippen molar-refractivity contribution in [3.63, 3.8) is 0 Å². The van der Waals surface area contributed by atoms with Crippen LogP contribution in [0.25, 0.3) is 0 Å². The Morgan fingerprint density at radius 1 is 1.26 bits per heavy atom. The van der Waals surface area contributed by atoms with Crippen molar-refractivity contribution in [3.05, 3.63) is 51.3 Å². The van der Waals surface area contributed by atoms with E-state index in [1.54, 1.807) is 6.20 Å². The highest BCUT2D eigenvalue weighted by Gasteiger charge is 2.19. The van der Waals surface area contributed by atoms with Crippen molar-refractivity contribution in [2.75, 3.05) is 5.32 Å². The number of hydrogen-bond acceptors (Lipinski definition) is 3. The zero-order chi connectivity index (χ0) is 13.2. The van der Waals surface area contributed by atoms with Gasteiger partial charge in [-0.05, 0) is 57.9 Å². The van der Waals surface area contributed by atoms with Crippen LogP contribution in [-0.4, -0.2) is 16.0 Å². The quantitative estimate of drug-likeness (QED) is 0.845. The summed E-state index contributed by atoms with van der Waals surface area (Å²) < 4.78 is 0.843. The first kappa shape index (κ1) is 12.9. The van der Waals surface area contributed by atoms with Gasteiger partial charge in [0.15, 0.2) is 0 Å². The molecule has 1 aliphatic rings. The molecule has 1 aromatic carbocycles. The fraction of sp³-hybridized carbons (Fsp3) is 0.286. The highest BCUT2D eigenvalue weighted by atomic mass is 79.9. The number of fused-ring (bicyclic) bond motifs is 1. The summed E-state index contributed by atoms with van der Waals surface area (Å²) in [4.78, 5) is 8.15. The average Bonchev–Trinajstić information content (AvgIpc) is 2.43. The minimum atomic E-state index is 0.266. The largest absolute Gasteiger partial charge is 0.366 e. The molecule has 98 valence electrons. The van der Waals surface area contributed by atoms with Gasteiger partial charge in [-0.25, -0.2) is 4.98 Å².